The van der Waals surface area contributed by atoms with Crippen LogP contribution < -0.4 is 5.32 Å². The molecular weight excluding hydrogens is 266 g/mol. The van der Waals surface area contributed by atoms with Gasteiger partial charge in [0.2, 0.25) is 0 Å². The van der Waals surface area contributed by atoms with Crippen molar-refractivity contribution in [3.63, 3.8) is 0 Å². The molecule has 2 rings (SSSR count). The van der Waals surface area contributed by atoms with E-state index in [0.29, 0.717) is 0 Å². The predicted octanol–water partition coefficient (Wildman–Crippen LogP) is 3.09. The van der Waals surface area contributed by atoms with E-state index >= 15 is 0 Å². The minimum absolute atomic E-state index is 0.0771. The van der Waals surface area contributed by atoms with E-state index in [9.17, 15) is 5.11 Å². The predicted molar refractivity (Wildman–Crippen MR) is 77.2 cm³/mol. The molecule has 0 unspecified atom stereocenters. The summed E-state index contributed by atoms with van der Waals surface area (Å²) in [5.74, 6) is 0. The number of aliphatic hydroxyl groups excluding tert-OH is 1. The van der Waals surface area contributed by atoms with Crippen molar-refractivity contribution in [1.29, 1.82) is 0 Å². The van der Waals surface area contributed by atoms with Crippen molar-refractivity contribution >= 4 is 22.9 Å². The summed E-state index contributed by atoms with van der Waals surface area (Å²) in [5, 5.41) is 12.7. The van der Waals surface area contributed by atoms with Gasteiger partial charge < -0.3 is 10.4 Å². The van der Waals surface area contributed by atoms with E-state index in [0.717, 1.165) is 17.3 Å². The zero-order valence-corrected chi connectivity index (χ0v) is 11.5. The first kappa shape index (κ1) is 13.6. The number of halogens is 1. The van der Waals surface area contributed by atoms with Gasteiger partial charge in [-0.15, -0.1) is 11.3 Å². The molecule has 4 heteroatoms. The zero-order chi connectivity index (χ0) is 12.8. The van der Waals surface area contributed by atoms with Gasteiger partial charge in [0.25, 0.3) is 0 Å². The zero-order valence-electron chi connectivity index (χ0n) is 9.97. The highest BCUT2D eigenvalue weighted by Crippen LogP contribution is 2.21. The monoisotopic (exact) mass is 281 g/mol. The minimum atomic E-state index is 0.0771. The topological polar surface area (TPSA) is 32.3 Å². The van der Waals surface area contributed by atoms with Crippen molar-refractivity contribution in [3.05, 3.63) is 57.2 Å². The maximum atomic E-state index is 9.39. The molecule has 2 aromatic rings. The molecule has 0 amide bonds. The van der Waals surface area contributed by atoms with E-state index in [2.05, 4.69) is 17.4 Å². The van der Waals surface area contributed by atoms with Crippen molar-refractivity contribution < 1.29 is 5.11 Å². The number of hydrogen-bond acceptors (Lipinski definition) is 3. The molecule has 0 saturated heterocycles. The molecule has 0 aliphatic rings. The van der Waals surface area contributed by atoms with Crippen molar-refractivity contribution in [1.82, 2.24) is 5.32 Å². The maximum Gasteiger partial charge on any atom is 0.0931 e. The van der Waals surface area contributed by atoms with Crippen molar-refractivity contribution in [2.24, 2.45) is 0 Å². The Kier molecular flexibility index (Phi) is 5.20. The van der Waals surface area contributed by atoms with E-state index in [1.165, 1.54) is 10.4 Å². The van der Waals surface area contributed by atoms with Gasteiger partial charge >= 0.3 is 0 Å². The highest BCUT2D eigenvalue weighted by Gasteiger charge is 2.08. The Hall–Kier alpha value is -0.870. The molecular formula is C14H16ClNOS. The van der Waals surface area contributed by atoms with Crippen LogP contribution in [0.2, 0.25) is 4.34 Å². The van der Waals surface area contributed by atoms with Crippen LogP contribution in [0.1, 0.15) is 10.4 Å². The SMILES string of the molecule is OC[C@@H](Cc1ccccc1)NCc1ccc(Cl)s1. The quantitative estimate of drug-likeness (QED) is 0.853. The van der Waals surface area contributed by atoms with Crippen LogP contribution in [0.3, 0.4) is 0 Å². The van der Waals surface area contributed by atoms with Crippen LogP contribution in [0.15, 0.2) is 42.5 Å². The Morgan fingerprint density at radius 1 is 1.17 bits per heavy atom. The van der Waals surface area contributed by atoms with Gasteiger partial charge in [-0.25, -0.2) is 0 Å². The van der Waals surface area contributed by atoms with Crippen molar-refractivity contribution in [2.75, 3.05) is 6.61 Å². The Morgan fingerprint density at radius 2 is 1.94 bits per heavy atom. The number of nitrogens with one attached hydrogen (secondary N) is 1. The normalized spacial score (nSPS) is 12.6. The minimum Gasteiger partial charge on any atom is -0.395 e. The highest BCUT2D eigenvalue weighted by molar-refractivity contribution is 7.16. The second-order valence-electron chi connectivity index (χ2n) is 4.16. The third-order valence-corrected chi connectivity index (χ3v) is 3.97. The number of rotatable bonds is 6. The summed E-state index contributed by atoms with van der Waals surface area (Å²) in [6.07, 6.45) is 0.830. The van der Waals surface area contributed by atoms with E-state index in [1.54, 1.807) is 11.3 Å². The molecule has 0 fully saturated rings. The van der Waals surface area contributed by atoms with Gasteiger partial charge in [-0.3, -0.25) is 0 Å². The fourth-order valence-corrected chi connectivity index (χ4v) is 2.83. The Labute approximate surface area is 116 Å². The molecule has 0 saturated carbocycles. The molecule has 0 bridgehead atoms. The molecule has 96 valence electrons. The smallest absolute Gasteiger partial charge is 0.0931 e. The average molecular weight is 282 g/mol. The van der Waals surface area contributed by atoms with Gasteiger partial charge in [-0.1, -0.05) is 41.9 Å². The fourth-order valence-electron chi connectivity index (χ4n) is 1.79. The van der Waals surface area contributed by atoms with Crippen molar-refractivity contribution in [2.45, 2.75) is 19.0 Å². The first-order valence-electron chi connectivity index (χ1n) is 5.90. The third kappa shape index (κ3) is 4.10. The summed E-state index contributed by atoms with van der Waals surface area (Å²) in [5.41, 5.74) is 1.23. The van der Waals surface area contributed by atoms with Crippen LogP contribution in [-0.4, -0.2) is 17.8 Å². The molecule has 2 N–H and O–H groups in total. The average Bonchev–Trinajstić information content (AvgIpc) is 2.81. The highest BCUT2D eigenvalue weighted by atomic mass is 35.5. The number of thiophene rings is 1. The van der Waals surface area contributed by atoms with E-state index < -0.39 is 0 Å². The molecule has 1 atom stereocenters. The summed E-state index contributed by atoms with van der Waals surface area (Å²) >= 11 is 7.45. The largest absolute Gasteiger partial charge is 0.395 e. The van der Waals surface area contributed by atoms with Gasteiger partial charge in [0, 0.05) is 17.5 Å². The lowest BCUT2D eigenvalue weighted by Crippen LogP contribution is -2.33. The molecule has 0 spiro atoms. The van der Waals surface area contributed by atoms with E-state index in [4.69, 9.17) is 11.6 Å². The van der Waals surface area contributed by atoms with Gasteiger partial charge in [-0.2, -0.15) is 0 Å². The van der Waals surface area contributed by atoms with Crippen LogP contribution in [0, 0.1) is 0 Å². The lowest BCUT2D eigenvalue weighted by atomic mass is 10.1. The molecule has 0 radical (unpaired) electrons. The van der Waals surface area contributed by atoms with Gasteiger partial charge in [0.05, 0.1) is 10.9 Å². The molecule has 1 heterocycles. The summed E-state index contributed by atoms with van der Waals surface area (Å²) in [7, 11) is 0. The van der Waals surface area contributed by atoms with Crippen LogP contribution in [0.25, 0.3) is 0 Å². The molecule has 18 heavy (non-hydrogen) atoms. The van der Waals surface area contributed by atoms with Gasteiger partial charge in [0.15, 0.2) is 0 Å². The molecule has 1 aromatic heterocycles. The first-order chi connectivity index (χ1) is 8.78. The Morgan fingerprint density at radius 3 is 2.56 bits per heavy atom. The molecule has 1 aromatic carbocycles. The van der Waals surface area contributed by atoms with Gasteiger partial charge in [-0.05, 0) is 24.1 Å². The summed E-state index contributed by atoms with van der Waals surface area (Å²) in [6.45, 7) is 0.878. The lowest BCUT2D eigenvalue weighted by molar-refractivity contribution is 0.241. The van der Waals surface area contributed by atoms with Crippen LogP contribution in [0.5, 0.6) is 0 Å². The molecule has 0 aliphatic carbocycles. The fraction of sp³-hybridized carbons (Fsp3) is 0.286. The van der Waals surface area contributed by atoms with Gasteiger partial charge in [0.1, 0.15) is 0 Å². The molecule has 0 aliphatic heterocycles. The lowest BCUT2D eigenvalue weighted by Gasteiger charge is -2.15. The summed E-state index contributed by atoms with van der Waals surface area (Å²) in [4.78, 5) is 1.19. The number of aliphatic hydroxyl groups is 1. The van der Waals surface area contributed by atoms with Crippen molar-refractivity contribution in [3.8, 4) is 0 Å². The van der Waals surface area contributed by atoms with E-state index in [1.807, 2.05) is 30.3 Å². The molecule has 2 nitrogen and oxygen atoms in total. The summed E-state index contributed by atoms with van der Waals surface area (Å²) < 4.78 is 0.801. The van der Waals surface area contributed by atoms with Crippen LogP contribution in [-0.2, 0) is 13.0 Å². The van der Waals surface area contributed by atoms with Crippen LogP contribution >= 0.6 is 22.9 Å². The Balaban J connectivity index is 1.86. The summed E-state index contributed by atoms with van der Waals surface area (Å²) in [6, 6.07) is 14.2. The maximum absolute atomic E-state index is 9.39. The van der Waals surface area contributed by atoms with E-state index in [-0.39, 0.29) is 12.6 Å². The first-order valence-corrected chi connectivity index (χ1v) is 7.10. The second-order valence-corrected chi connectivity index (χ2v) is 5.96. The van der Waals surface area contributed by atoms with Crippen LogP contribution in [0.4, 0.5) is 0 Å². The number of hydrogen-bond donors (Lipinski definition) is 2. The Bertz CT molecular complexity index is 472. The number of benzene rings is 1. The third-order valence-electron chi connectivity index (χ3n) is 2.74. The second kappa shape index (κ2) is 6.90. The standard InChI is InChI=1S/C14H16ClNOS/c15-14-7-6-13(18-14)9-16-12(10-17)8-11-4-2-1-3-5-11/h1-7,12,16-17H,8-10H2/t12-/m1/s1.